The number of rotatable bonds is 2. The quantitative estimate of drug-likeness (QED) is 0.701. The summed E-state index contributed by atoms with van der Waals surface area (Å²) in [5.74, 6) is 0.284. The normalized spacial score (nSPS) is 10.3. The summed E-state index contributed by atoms with van der Waals surface area (Å²) in [6.07, 6.45) is 1.49. The molecule has 0 aliphatic rings. The van der Waals surface area contributed by atoms with Crippen molar-refractivity contribution in [2.45, 2.75) is 26.7 Å². The van der Waals surface area contributed by atoms with Crippen LogP contribution in [0.5, 0.6) is 0 Å². The molecule has 1 N–H and O–H groups in total. The molecule has 2 rings (SSSR count). The van der Waals surface area contributed by atoms with Gasteiger partial charge in [-0.3, -0.25) is 9.78 Å². The molecule has 0 radical (unpaired) electrons. The standard InChI is InChI=1S/C14H15N2O2.Rb/c1-9(2)11-8-10(3)4-5-12(11)16-7-6-13(17)15-14(16)18;/h5-9H,1-3H3,(H,15,17,18);/q-1;+1. The topological polar surface area (TPSA) is 54.9 Å². The third kappa shape index (κ3) is 3.84. The summed E-state index contributed by atoms with van der Waals surface area (Å²) in [5.41, 5.74) is 2.03. The Morgan fingerprint density at radius 3 is 2.58 bits per heavy atom. The fourth-order valence-electron chi connectivity index (χ4n) is 1.89. The Labute approximate surface area is 160 Å². The van der Waals surface area contributed by atoms with E-state index in [1.807, 2.05) is 13.0 Å². The third-order valence-corrected chi connectivity index (χ3v) is 2.81. The summed E-state index contributed by atoms with van der Waals surface area (Å²) in [5, 5.41) is 0. The van der Waals surface area contributed by atoms with Crippen molar-refractivity contribution in [1.82, 2.24) is 9.55 Å². The number of hydrogen-bond donors (Lipinski definition) is 1. The van der Waals surface area contributed by atoms with Gasteiger partial charge in [0, 0.05) is 12.3 Å². The smallest absolute Gasteiger partial charge is 0.324 e. The Bertz CT molecular complexity index is 686. The molecule has 0 saturated carbocycles. The third-order valence-electron chi connectivity index (χ3n) is 2.81. The molecule has 0 amide bonds. The molecule has 0 bridgehead atoms. The van der Waals surface area contributed by atoms with Crippen molar-refractivity contribution in [3.8, 4) is 5.69 Å². The first-order valence-corrected chi connectivity index (χ1v) is 5.83. The van der Waals surface area contributed by atoms with Gasteiger partial charge < -0.3 is 4.57 Å². The summed E-state index contributed by atoms with van der Waals surface area (Å²) >= 11 is 0. The fourth-order valence-corrected chi connectivity index (χ4v) is 1.89. The first-order valence-electron chi connectivity index (χ1n) is 5.83. The van der Waals surface area contributed by atoms with E-state index in [1.54, 1.807) is 6.07 Å². The number of hydrogen-bond acceptors (Lipinski definition) is 2. The second-order valence-electron chi connectivity index (χ2n) is 4.59. The molecular weight excluding hydrogens is 314 g/mol. The minimum Gasteiger partial charge on any atom is -0.324 e. The maximum absolute atomic E-state index is 11.8. The van der Waals surface area contributed by atoms with E-state index in [2.05, 4.69) is 24.9 Å². The molecule has 19 heavy (non-hydrogen) atoms. The minimum atomic E-state index is -0.429. The van der Waals surface area contributed by atoms with Crippen LogP contribution in [0.2, 0.25) is 0 Å². The molecular formula is C14H15N2O2Rb. The first-order chi connectivity index (χ1) is 8.49. The molecule has 94 valence electrons. The van der Waals surface area contributed by atoms with Crippen molar-refractivity contribution >= 4 is 0 Å². The van der Waals surface area contributed by atoms with Crippen molar-refractivity contribution in [2.75, 3.05) is 0 Å². The maximum Gasteiger partial charge on any atom is 1.00 e. The zero-order valence-electron chi connectivity index (χ0n) is 11.7. The van der Waals surface area contributed by atoms with Crippen LogP contribution >= 0.6 is 0 Å². The Hall–Kier alpha value is -0.295. The predicted octanol–water partition coefficient (Wildman–Crippen LogP) is -1.24. The van der Waals surface area contributed by atoms with Crippen LogP contribution < -0.4 is 69.4 Å². The number of nitrogens with one attached hydrogen (secondary N) is 1. The van der Waals surface area contributed by atoms with Crippen molar-refractivity contribution in [3.05, 3.63) is 62.4 Å². The summed E-state index contributed by atoms with van der Waals surface area (Å²) in [7, 11) is 0. The molecule has 0 aliphatic carbocycles. The van der Waals surface area contributed by atoms with E-state index in [0.717, 1.165) is 16.8 Å². The van der Waals surface area contributed by atoms with E-state index in [1.165, 1.54) is 16.8 Å². The van der Waals surface area contributed by atoms with Gasteiger partial charge in [-0.25, -0.2) is 4.79 Å². The molecule has 4 nitrogen and oxygen atoms in total. The van der Waals surface area contributed by atoms with Gasteiger partial charge >= 0.3 is 63.9 Å². The Morgan fingerprint density at radius 1 is 1.32 bits per heavy atom. The van der Waals surface area contributed by atoms with E-state index in [0.29, 0.717) is 0 Å². The van der Waals surface area contributed by atoms with E-state index >= 15 is 0 Å². The van der Waals surface area contributed by atoms with Crippen LogP contribution in [0.25, 0.3) is 5.69 Å². The largest absolute Gasteiger partial charge is 1.00 e. The molecule has 1 aromatic carbocycles. The van der Waals surface area contributed by atoms with Crippen LogP contribution in [0.15, 0.2) is 34.0 Å². The Morgan fingerprint density at radius 2 is 2.00 bits per heavy atom. The van der Waals surface area contributed by atoms with E-state index in [9.17, 15) is 9.59 Å². The monoisotopic (exact) mass is 328 g/mol. The average molecular weight is 329 g/mol. The SMILES string of the molecule is Cc1[c-]cc(-n2ccc(=O)[nH]c2=O)c(C(C)C)c1.[Rb+]. The molecule has 2 aromatic rings. The summed E-state index contributed by atoms with van der Waals surface area (Å²) in [6, 6.07) is 8.22. The summed E-state index contributed by atoms with van der Waals surface area (Å²) in [6.45, 7) is 6.09. The van der Waals surface area contributed by atoms with Crippen LogP contribution in [0.3, 0.4) is 0 Å². The van der Waals surface area contributed by atoms with Crippen molar-refractivity contribution in [1.29, 1.82) is 0 Å². The number of aromatic nitrogens is 2. The average Bonchev–Trinajstić information content (AvgIpc) is 2.29. The van der Waals surface area contributed by atoms with Gasteiger partial charge in [-0.05, 0) is 5.92 Å². The van der Waals surface area contributed by atoms with Gasteiger partial charge in [-0.2, -0.15) is 23.8 Å². The van der Waals surface area contributed by atoms with Crippen molar-refractivity contribution < 1.29 is 58.2 Å². The molecule has 0 saturated heterocycles. The zero-order chi connectivity index (χ0) is 13.3. The van der Waals surface area contributed by atoms with E-state index in [4.69, 9.17) is 0 Å². The number of aryl methyl sites for hydroxylation is 1. The van der Waals surface area contributed by atoms with Gasteiger partial charge in [0.25, 0.3) is 5.56 Å². The number of H-pyrrole nitrogens is 1. The van der Waals surface area contributed by atoms with Gasteiger partial charge in [0.05, 0.1) is 0 Å². The van der Waals surface area contributed by atoms with Crippen LogP contribution in [0, 0.1) is 13.0 Å². The number of nitrogens with zero attached hydrogens (tertiary/aromatic N) is 1. The van der Waals surface area contributed by atoms with Gasteiger partial charge in [0.15, 0.2) is 0 Å². The van der Waals surface area contributed by atoms with Crippen LogP contribution in [-0.2, 0) is 0 Å². The molecule has 0 atom stereocenters. The Balaban J connectivity index is 0.00000180. The molecule has 0 fully saturated rings. The maximum atomic E-state index is 11.8. The van der Waals surface area contributed by atoms with Crippen LogP contribution in [-0.4, -0.2) is 9.55 Å². The van der Waals surface area contributed by atoms with Crippen molar-refractivity contribution in [2.24, 2.45) is 0 Å². The number of benzene rings is 1. The zero-order valence-corrected chi connectivity index (χ0v) is 16.6. The molecule has 5 heteroatoms. The molecule has 0 spiro atoms. The van der Waals surface area contributed by atoms with Crippen molar-refractivity contribution in [3.63, 3.8) is 0 Å². The first kappa shape index (κ1) is 16.8. The minimum absolute atomic E-state index is 0. The van der Waals surface area contributed by atoms with Gasteiger partial charge in [-0.15, -0.1) is 5.56 Å². The number of aromatic amines is 1. The molecule has 0 aliphatic heterocycles. The van der Waals surface area contributed by atoms with Gasteiger partial charge in [0.2, 0.25) is 0 Å². The van der Waals surface area contributed by atoms with E-state index in [-0.39, 0.29) is 64.1 Å². The second kappa shape index (κ2) is 6.93. The van der Waals surface area contributed by atoms with Crippen LogP contribution in [0.1, 0.15) is 30.9 Å². The van der Waals surface area contributed by atoms with Gasteiger partial charge in [0.1, 0.15) is 0 Å². The summed E-state index contributed by atoms with van der Waals surface area (Å²) < 4.78 is 1.44. The molecule has 0 unspecified atom stereocenters. The predicted molar refractivity (Wildman–Crippen MR) is 70.3 cm³/mol. The second-order valence-corrected chi connectivity index (χ2v) is 4.59. The van der Waals surface area contributed by atoms with Gasteiger partial charge in [-0.1, -0.05) is 26.5 Å². The Kier molecular flexibility index (Phi) is 6.11. The fraction of sp³-hybridized carbons (Fsp3) is 0.286. The van der Waals surface area contributed by atoms with E-state index < -0.39 is 11.2 Å². The molecule has 1 heterocycles. The van der Waals surface area contributed by atoms with Crippen LogP contribution in [0.4, 0.5) is 0 Å². The molecule has 1 aromatic heterocycles. The summed E-state index contributed by atoms with van der Waals surface area (Å²) in [4.78, 5) is 25.1.